The fourth-order valence-corrected chi connectivity index (χ4v) is 1.68. The van der Waals surface area contributed by atoms with Crippen molar-refractivity contribution in [3.63, 3.8) is 0 Å². The summed E-state index contributed by atoms with van der Waals surface area (Å²) in [5.41, 5.74) is -1.76. The Morgan fingerprint density at radius 1 is 1.45 bits per heavy atom. The summed E-state index contributed by atoms with van der Waals surface area (Å²) < 4.78 is 27.8. The summed E-state index contributed by atoms with van der Waals surface area (Å²) in [4.78, 5) is 20.8. The van der Waals surface area contributed by atoms with Crippen LogP contribution in [0.3, 0.4) is 0 Å². The molecular weight excluding hydrogens is 276 g/mol. The highest BCUT2D eigenvalue weighted by Crippen LogP contribution is 2.28. The van der Waals surface area contributed by atoms with Crippen LogP contribution in [-0.2, 0) is 0 Å². The first-order valence-electron chi connectivity index (χ1n) is 5.25. The number of nitrogens with zero attached hydrogens (tertiary/aromatic N) is 3. The van der Waals surface area contributed by atoms with Crippen molar-refractivity contribution in [3.05, 3.63) is 51.3 Å². The summed E-state index contributed by atoms with van der Waals surface area (Å²) in [7, 11) is 0. The molecule has 1 N–H and O–H groups in total. The smallest absolute Gasteiger partial charge is 0.356 e. The third kappa shape index (κ3) is 2.09. The fourth-order valence-electron chi connectivity index (χ4n) is 1.68. The molecule has 2 rings (SSSR count). The van der Waals surface area contributed by atoms with E-state index in [2.05, 4.69) is 5.10 Å². The van der Waals surface area contributed by atoms with E-state index in [1.54, 1.807) is 0 Å². The number of aromatic nitrogens is 2. The number of aryl methyl sites for hydroxylation is 1. The van der Waals surface area contributed by atoms with Crippen LogP contribution in [0.25, 0.3) is 5.69 Å². The second-order valence-electron chi connectivity index (χ2n) is 3.87. The second kappa shape index (κ2) is 4.68. The lowest BCUT2D eigenvalue weighted by Gasteiger charge is -2.07. The monoisotopic (exact) mass is 283 g/mol. The van der Waals surface area contributed by atoms with Crippen LogP contribution < -0.4 is 0 Å². The number of carboxylic acid groups (broad SMARTS) is 1. The molecular formula is C11H7F2N3O4. The highest BCUT2D eigenvalue weighted by atomic mass is 19.2. The molecule has 0 aliphatic carbocycles. The summed E-state index contributed by atoms with van der Waals surface area (Å²) in [6, 6.07) is 2.50. The number of nitro groups is 1. The predicted molar refractivity (Wildman–Crippen MR) is 61.8 cm³/mol. The Hall–Kier alpha value is -2.84. The van der Waals surface area contributed by atoms with Crippen LogP contribution in [0.4, 0.5) is 14.5 Å². The van der Waals surface area contributed by atoms with Gasteiger partial charge < -0.3 is 5.11 Å². The van der Waals surface area contributed by atoms with E-state index in [1.165, 1.54) is 6.92 Å². The standard InChI is InChI=1S/C11H7F2N3O4/c1-5-4-7(11(17)18)14-15(5)10-8(16(19)20)3-2-6(12)9(10)13/h2-4H,1H3,(H,17,18). The van der Waals surface area contributed by atoms with Crippen molar-refractivity contribution < 1.29 is 23.6 Å². The molecule has 104 valence electrons. The molecule has 0 radical (unpaired) electrons. The molecule has 1 aromatic carbocycles. The normalized spacial score (nSPS) is 10.6. The van der Waals surface area contributed by atoms with Gasteiger partial charge in [0.1, 0.15) is 0 Å². The summed E-state index contributed by atoms with van der Waals surface area (Å²) in [6.07, 6.45) is 0. The molecule has 0 saturated heterocycles. The lowest BCUT2D eigenvalue weighted by Crippen LogP contribution is -2.09. The van der Waals surface area contributed by atoms with E-state index in [9.17, 15) is 23.7 Å². The Kier molecular flexibility index (Phi) is 3.18. The highest BCUT2D eigenvalue weighted by Gasteiger charge is 2.26. The fraction of sp³-hybridized carbons (Fsp3) is 0.0909. The molecule has 0 aliphatic heterocycles. The van der Waals surface area contributed by atoms with E-state index in [0.29, 0.717) is 10.7 Å². The molecule has 7 nitrogen and oxygen atoms in total. The molecule has 1 aromatic heterocycles. The van der Waals surface area contributed by atoms with Gasteiger partial charge in [-0.3, -0.25) is 10.1 Å². The third-order valence-electron chi connectivity index (χ3n) is 2.56. The maximum Gasteiger partial charge on any atom is 0.356 e. The molecule has 0 fully saturated rings. The number of benzene rings is 1. The summed E-state index contributed by atoms with van der Waals surface area (Å²) >= 11 is 0. The van der Waals surface area contributed by atoms with Gasteiger partial charge in [-0.05, 0) is 19.1 Å². The minimum atomic E-state index is -1.47. The largest absolute Gasteiger partial charge is 0.476 e. The van der Waals surface area contributed by atoms with E-state index in [1.807, 2.05) is 0 Å². The molecule has 0 amide bonds. The Bertz CT molecular complexity index is 727. The number of rotatable bonds is 3. The molecule has 0 saturated carbocycles. The number of hydrogen-bond acceptors (Lipinski definition) is 4. The molecule has 0 bridgehead atoms. The molecule has 2 aromatic rings. The Morgan fingerprint density at radius 2 is 2.10 bits per heavy atom. The second-order valence-corrected chi connectivity index (χ2v) is 3.87. The van der Waals surface area contributed by atoms with Crippen LogP contribution in [0, 0.1) is 28.7 Å². The average molecular weight is 283 g/mol. The summed E-state index contributed by atoms with van der Waals surface area (Å²) in [6.45, 7) is 1.37. The van der Waals surface area contributed by atoms with Crippen LogP contribution in [-0.4, -0.2) is 25.8 Å². The predicted octanol–water partition coefficient (Wildman–Crippen LogP) is 2.07. The van der Waals surface area contributed by atoms with E-state index < -0.39 is 39.6 Å². The number of carboxylic acids is 1. The Morgan fingerprint density at radius 3 is 2.60 bits per heavy atom. The van der Waals surface area contributed by atoms with Crippen molar-refractivity contribution in [1.29, 1.82) is 0 Å². The van der Waals surface area contributed by atoms with Crippen molar-refractivity contribution >= 4 is 11.7 Å². The van der Waals surface area contributed by atoms with E-state index in [0.717, 1.165) is 12.1 Å². The molecule has 20 heavy (non-hydrogen) atoms. The van der Waals surface area contributed by atoms with E-state index in [4.69, 9.17) is 5.11 Å². The summed E-state index contributed by atoms with van der Waals surface area (Å²) in [5, 5.41) is 23.2. The first-order chi connectivity index (χ1) is 9.32. The van der Waals surface area contributed by atoms with Gasteiger partial charge in [0, 0.05) is 11.8 Å². The van der Waals surface area contributed by atoms with Gasteiger partial charge in [-0.15, -0.1) is 0 Å². The molecule has 0 aliphatic rings. The van der Waals surface area contributed by atoms with Crippen LogP contribution in [0.2, 0.25) is 0 Å². The van der Waals surface area contributed by atoms with Gasteiger partial charge >= 0.3 is 5.97 Å². The first kappa shape index (κ1) is 13.6. The molecule has 0 atom stereocenters. The third-order valence-corrected chi connectivity index (χ3v) is 2.56. The number of carbonyl (C=O) groups is 1. The van der Waals surface area contributed by atoms with Crippen LogP contribution >= 0.6 is 0 Å². The first-order valence-corrected chi connectivity index (χ1v) is 5.25. The van der Waals surface area contributed by atoms with Crippen molar-refractivity contribution in [2.24, 2.45) is 0 Å². The Balaban J connectivity index is 2.77. The highest BCUT2D eigenvalue weighted by molar-refractivity contribution is 5.85. The quantitative estimate of drug-likeness (QED) is 0.686. The molecule has 0 unspecified atom stereocenters. The zero-order valence-corrected chi connectivity index (χ0v) is 10.0. The summed E-state index contributed by atoms with van der Waals surface area (Å²) in [5.74, 6) is -4.15. The van der Waals surface area contributed by atoms with Gasteiger partial charge in [-0.2, -0.15) is 5.10 Å². The van der Waals surface area contributed by atoms with E-state index in [-0.39, 0.29) is 5.69 Å². The van der Waals surface area contributed by atoms with Crippen LogP contribution in [0.15, 0.2) is 18.2 Å². The van der Waals surface area contributed by atoms with Crippen LogP contribution in [0.5, 0.6) is 0 Å². The van der Waals surface area contributed by atoms with Gasteiger partial charge in [0.15, 0.2) is 23.0 Å². The van der Waals surface area contributed by atoms with Crippen molar-refractivity contribution in [1.82, 2.24) is 9.78 Å². The number of nitro benzene ring substituents is 1. The average Bonchev–Trinajstić information content (AvgIpc) is 2.74. The van der Waals surface area contributed by atoms with Crippen molar-refractivity contribution in [2.75, 3.05) is 0 Å². The van der Waals surface area contributed by atoms with Crippen molar-refractivity contribution in [3.8, 4) is 5.69 Å². The zero-order chi connectivity index (χ0) is 15.0. The molecule has 0 spiro atoms. The maximum atomic E-state index is 13.8. The minimum absolute atomic E-state index is 0.120. The van der Waals surface area contributed by atoms with Gasteiger partial charge in [0.25, 0.3) is 5.69 Å². The molecule has 1 heterocycles. The van der Waals surface area contributed by atoms with Gasteiger partial charge in [0.05, 0.1) is 4.92 Å². The SMILES string of the molecule is Cc1cc(C(=O)O)nn1-c1c([N+](=O)[O-])ccc(F)c1F. The number of halogens is 2. The minimum Gasteiger partial charge on any atom is -0.476 e. The molecule has 9 heteroatoms. The van der Waals surface area contributed by atoms with Gasteiger partial charge in [-0.25, -0.2) is 18.3 Å². The lowest BCUT2D eigenvalue weighted by atomic mass is 10.2. The number of hydrogen-bond donors (Lipinski definition) is 1. The van der Waals surface area contributed by atoms with Crippen molar-refractivity contribution in [2.45, 2.75) is 6.92 Å². The number of aromatic carboxylic acids is 1. The maximum absolute atomic E-state index is 13.8. The zero-order valence-electron chi connectivity index (χ0n) is 10.0. The van der Waals surface area contributed by atoms with Crippen LogP contribution in [0.1, 0.15) is 16.2 Å². The topological polar surface area (TPSA) is 98.3 Å². The van der Waals surface area contributed by atoms with E-state index >= 15 is 0 Å². The lowest BCUT2D eigenvalue weighted by molar-refractivity contribution is -0.384. The Labute approximate surface area is 110 Å². The van der Waals surface area contributed by atoms with Gasteiger partial charge in [-0.1, -0.05) is 0 Å². The van der Waals surface area contributed by atoms with Gasteiger partial charge in [0.2, 0.25) is 0 Å².